The summed E-state index contributed by atoms with van der Waals surface area (Å²) in [5.41, 5.74) is 1.41. The molecule has 3 nitrogen and oxygen atoms in total. The molecule has 3 heteroatoms. The highest BCUT2D eigenvalue weighted by atomic mass is 16.1. The van der Waals surface area contributed by atoms with Crippen LogP contribution in [0.3, 0.4) is 0 Å². The molecule has 1 N–H and O–H groups in total. The first-order chi connectivity index (χ1) is 7.97. The third-order valence-electron chi connectivity index (χ3n) is 2.52. The number of aromatic nitrogens is 2. The Bertz CT molecular complexity index is 565. The van der Waals surface area contributed by atoms with Gasteiger partial charge in [-0.3, -0.25) is 4.79 Å². The van der Waals surface area contributed by atoms with Gasteiger partial charge in [-0.2, -0.15) is 0 Å². The largest absolute Gasteiger partial charge is 0.310 e. The summed E-state index contributed by atoms with van der Waals surface area (Å²) in [6.07, 6.45) is 0. The Morgan fingerprint density at radius 3 is 2.35 bits per heavy atom. The molecule has 88 valence electrons. The van der Waals surface area contributed by atoms with Crippen molar-refractivity contribution in [3.05, 3.63) is 52.6 Å². The van der Waals surface area contributed by atoms with E-state index in [0.29, 0.717) is 5.82 Å². The van der Waals surface area contributed by atoms with Crippen LogP contribution in [0.5, 0.6) is 0 Å². The second kappa shape index (κ2) is 4.17. The lowest BCUT2D eigenvalue weighted by Crippen LogP contribution is -2.21. The van der Waals surface area contributed by atoms with Gasteiger partial charge in [-0.1, -0.05) is 51.1 Å². The van der Waals surface area contributed by atoms with Gasteiger partial charge in [0.1, 0.15) is 5.82 Å². The highest BCUT2D eigenvalue weighted by Crippen LogP contribution is 2.20. The maximum atomic E-state index is 11.6. The monoisotopic (exact) mass is 228 g/mol. The fourth-order valence-electron chi connectivity index (χ4n) is 1.57. The van der Waals surface area contributed by atoms with E-state index in [1.165, 1.54) is 6.07 Å². The van der Waals surface area contributed by atoms with Crippen LogP contribution in [0.4, 0.5) is 0 Å². The molecule has 2 rings (SSSR count). The summed E-state index contributed by atoms with van der Waals surface area (Å²) in [5.74, 6) is 0.712. The highest BCUT2D eigenvalue weighted by Gasteiger charge is 2.17. The van der Waals surface area contributed by atoms with Crippen molar-refractivity contribution < 1.29 is 0 Å². The van der Waals surface area contributed by atoms with Gasteiger partial charge < -0.3 is 4.98 Å². The summed E-state index contributed by atoms with van der Waals surface area (Å²) in [6.45, 7) is 6.08. The van der Waals surface area contributed by atoms with Crippen LogP contribution in [0.1, 0.15) is 26.6 Å². The number of aromatic amines is 1. The molecule has 17 heavy (non-hydrogen) atoms. The average Bonchev–Trinajstić information content (AvgIpc) is 2.28. The minimum atomic E-state index is -0.163. The second-order valence-corrected chi connectivity index (χ2v) is 5.10. The van der Waals surface area contributed by atoms with Crippen LogP contribution in [0, 0.1) is 0 Å². The molecular formula is C14H16N2O. The minimum absolute atomic E-state index is 0.108. The molecule has 0 atom stereocenters. The van der Waals surface area contributed by atoms with Crippen molar-refractivity contribution in [3.8, 4) is 11.3 Å². The Balaban J connectivity index is 2.58. The molecule has 0 aliphatic heterocycles. The van der Waals surface area contributed by atoms with Crippen LogP contribution in [-0.2, 0) is 5.41 Å². The molecule has 2 aromatic rings. The molecule has 0 aliphatic rings. The first kappa shape index (κ1) is 11.6. The quantitative estimate of drug-likeness (QED) is 0.815. The molecule has 0 amide bonds. The van der Waals surface area contributed by atoms with E-state index in [0.717, 1.165) is 11.3 Å². The molecule has 0 saturated carbocycles. The zero-order chi connectivity index (χ0) is 12.5. The summed E-state index contributed by atoms with van der Waals surface area (Å²) < 4.78 is 0. The first-order valence-corrected chi connectivity index (χ1v) is 5.64. The van der Waals surface area contributed by atoms with Crippen LogP contribution in [-0.4, -0.2) is 9.97 Å². The van der Waals surface area contributed by atoms with Crippen molar-refractivity contribution in [2.45, 2.75) is 26.2 Å². The van der Waals surface area contributed by atoms with Gasteiger partial charge in [0.15, 0.2) is 0 Å². The van der Waals surface area contributed by atoms with E-state index in [1.54, 1.807) is 0 Å². The Kier molecular flexibility index (Phi) is 2.84. The number of hydrogen-bond donors (Lipinski definition) is 1. The van der Waals surface area contributed by atoms with E-state index in [2.05, 4.69) is 9.97 Å². The fraction of sp³-hybridized carbons (Fsp3) is 0.286. The lowest BCUT2D eigenvalue weighted by Gasteiger charge is -2.17. The van der Waals surface area contributed by atoms with Gasteiger partial charge in [-0.15, -0.1) is 0 Å². The fourth-order valence-corrected chi connectivity index (χ4v) is 1.57. The molecular weight excluding hydrogens is 212 g/mol. The lowest BCUT2D eigenvalue weighted by molar-refractivity contribution is 0.543. The Hall–Kier alpha value is -1.90. The SMILES string of the molecule is CC(C)(C)c1nc(-c2ccccc2)cc(=O)[nH]1. The van der Waals surface area contributed by atoms with Gasteiger partial charge in [0, 0.05) is 17.0 Å². The van der Waals surface area contributed by atoms with E-state index >= 15 is 0 Å². The molecule has 0 aliphatic carbocycles. The molecule has 0 saturated heterocycles. The number of H-pyrrole nitrogens is 1. The molecule has 0 bridgehead atoms. The predicted octanol–water partition coefficient (Wildman–Crippen LogP) is 2.73. The van der Waals surface area contributed by atoms with Crippen molar-refractivity contribution in [2.75, 3.05) is 0 Å². The molecule has 1 aromatic heterocycles. The normalized spacial score (nSPS) is 11.5. The first-order valence-electron chi connectivity index (χ1n) is 5.64. The number of benzene rings is 1. The van der Waals surface area contributed by atoms with Crippen molar-refractivity contribution in [1.29, 1.82) is 0 Å². The van der Waals surface area contributed by atoms with E-state index in [4.69, 9.17) is 0 Å². The zero-order valence-electron chi connectivity index (χ0n) is 10.3. The number of nitrogens with zero attached hydrogens (tertiary/aromatic N) is 1. The second-order valence-electron chi connectivity index (χ2n) is 5.10. The summed E-state index contributed by atoms with van der Waals surface area (Å²) in [7, 11) is 0. The summed E-state index contributed by atoms with van der Waals surface area (Å²) in [5, 5.41) is 0. The van der Waals surface area contributed by atoms with E-state index in [1.807, 2.05) is 51.1 Å². The third kappa shape index (κ3) is 2.61. The van der Waals surface area contributed by atoms with Crippen molar-refractivity contribution >= 4 is 0 Å². The summed E-state index contributed by atoms with van der Waals surface area (Å²) in [4.78, 5) is 18.9. The van der Waals surface area contributed by atoms with Gasteiger partial charge in [-0.05, 0) is 0 Å². The van der Waals surface area contributed by atoms with Crippen molar-refractivity contribution in [2.24, 2.45) is 0 Å². The molecule has 0 spiro atoms. The number of hydrogen-bond acceptors (Lipinski definition) is 2. The van der Waals surface area contributed by atoms with Gasteiger partial charge in [0.25, 0.3) is 5.56 Å². The number of nitrogens with one attached hydrogen (secondary N) is 1. The maximum Gasteiger partial charge on any atom is 0.251 e. The zero-order valence-corrected chi connectivity index (χ0v) is 10.3. The molecule has 1 aromatic carbocycles. The Morgan fingerprint density at radius 2 is 1.76 bits per heavy atom. The third-order valence-corrected chi connectivity index (χ3v) is 2.52. The standard InChI is InChI=1S/C14H16N2O/c1-14(2,3)13-15-11(9-12(17)16-13)10-7-5-4-6-8-10/h4-9H,1-3H3,(H,15,16,17). The van der Waals surface area contributed by atoms with Crippen molar-refractivity contribution in [3.63, 3.8) is 0 Å². The smallest absolute Gasteiger partial charge is 0.251 e. The van der Waals surface area contributed by atoms with E-state index in [9.17, 15) is 4.79 Å². The van der Waals surface area contributed by atoms with Crippen LogP contribution >= 0.6 is 0 Å². The van der Waals surface area contributed by atoms with Crippen LogP contribution in [0.25, 0.3) is 11.3 Å². The topological polar surface area (TPSA) is 45.8 Å². The highest BCUT2D eigenvalue weighted by molar-refractivity contribution is 5.58. The van der Waals surface area contributed by atoms with Crippen molar-refractivity contribution in [1.82, 2.24) is 9.97 Å². The van der Waals surface area contributed by atoms with Gasteiger partial charge in [-0.25, -0.2) is 4.98 Å². The molecule has 1 heterocycles. The van der Waals surface area contributed by atoms with E-state index < -0.39 is 0 Å². The Labute approximate surface area is 101 Å². The molecule has 0 unspecified atom stereocenters. The average molecular weight is 228 g/mol. The Morgan fingerprint density at radius 1 is 1.12 bits per heavy atom. The molecule has 0 fully saturated rings. The predicted molar refractivity (Wildman–Crippen MR) is 69.0 cm³/mol. The van der Waals surface area contributed by atoms with Gasteiger partial charge in [0.2, 0.25) is 0 Å². The van der Waals surface area contributed by atoms with Gasteiger partial charge in [0.05, 0.1) is 5.69 Å². The summed E-state index contributed by atoms with van der Waals surface area (Å²) in [6, 6.07) is 11.3. The minimum Gasteiger partial charge on any atom is -0.310 e. The van der Waals surface area contributed by atoms with Crippen LogP contribution in [0.2, 0.25) is 0 Å². The summed E-state index contributed by atoms with van der Waals surface area (Å²) >= 11 is 0. The lowest BCUT2D eigenvalue weighted by atomic mass is 9.95. The van der Waals surface area contributed by atoms with Gasteiger partial charge >= 0.3 is 0 Å². The van der Waals surface area contributed by atoms with Crippen LogP contribution < -0.4 is 5.56 Å². The number of rotatable bonds is 1. The molecule has 0 radical (unpaired) electrons. The van der Waals surface area contributed by atoms with E-state index in [-0.39, 0.29) is 11.0 Å². The van der Waals surface area contributed by atoms with Crippen LogP contribution in [0.15, 0.2) is 41.2 Å². The maximum absolute atomic E-state index is 11.6.